The number of nitrogens with one attached hydrogen (secondary N) is 1. The molecule has 7 nitrogen and oxygen atoms in total. The van der Waals surface area contributed by atoms with Gasteiger partial charge in [-0.25, -0.2) is 0 Å². The summed E-state index contributed by atoms with van der Waals surface area (Å²) in [5.74, 6) is 0.450. The molecule has 0 bridgehead atoms. The van der Waals surface area contributed by atoms with E-state index in [1.165, 1.54) is 12.1 Å². The summed E-state index contributed by atoms with van der Waals surface area (Å²) in [4.78, 5) is 10.4. The van der Waals surface area contributed by atoms with Crippen LogP contribution in [0.25, 0.3) is 0 Å². The molecule has 0 unspecified atom stereocenters. The maximum atomic E-state index is 10.8. The van der Waals surface area contributed by atoms with E-state index in [-0.39, 0.29) is 5.69 Å². The van der Waals surface area contributed by atoms with Crippen LogP contribution in [0.15, 0.2) is 18.2 Å². The summed E-state index contributed by atoms with van der Waals surface area (Å²) < 4.78 is 15.5. The molecule has 7 heteroatoms. The molecule has 1 N–H and O–H groups in total. The SMILES string of the molecule is CCNc1cc(OCCOCCOC)cc([N+](=O)[O-])c1. The molecule has 0 atom stereocenters. The third-order valence-corrected chi connectivity index (χ3v) is 2.41. The lowest BCUT2D eigenvalue weighted by molar-refractivity contribution is -0.384. The summed E-state index contributed by atoms with van der Waals surface area (Å²) in [5.41, 5.74) is 0.663. The lowest BCUT2D eigenvalue weighted by Crippen LogP contribution is -2.10. The molecule has 0 saturated heterocycles. The average molecular weight is 284 g/mol. The molecule has 112 valence electrons. The Hall–Kier alpha value is -1.86. The van der Waals surface area contributed by atoms with E-state index >= 15 is 0 Å². The van der Waals surface area contributed by atoms with Gasteiger partial charge < -0.3 is 19.5 Å². The zero-order valence-corrected chi connectivity index (χ0v) is 11.8. The predicted octanol–water partition coefficient (Wildman–Crippen LogP) is 2.07. The number of non-ortho nitro benzene ring substituents is 1. The van der Waals surface area contributed by atoms with E-state index in [2.05, 4.69) is 5.32 Å². The van der Waals surface area contributed by atoms with Crippen molar-refractivity contribution < 1.29 is 19.1 Å². The van der Waals surface area contributed by atoms with Gasteiger partial charge in [-0.15, -0.1) is 0 Å². The van der Waals surface area contributed by atoms with Crippen molar-refractivity contribution in [3.63, 3.8) is 0 Å². The van der Waals surface area contributed by atoms with Gasteiger partial charge in [0.2, 0.25) is 0 Å². The van der Waals surface area contributed by atoms with E-state index in [9.17, 15) is 10.1 Å². The Morgan fingerprint density at radius 2 is 1.95 bits per heavy atom. The molecule has 0 aliphatic carbocycles. The Bertz CT molecular complexity index is 425. The molecule has 0 fully saturated rings. The number of benzene rings is 1. The summed E-state index contributed by atoms with van der Waals surface area (Å²) in [6.45, 7) is 4.36. The minimum absolute atomic E-state index is 0.00116. The maximum Gasteiger partial charge on any atom is 0.275 e. The van der Waals surface area contributed by atoms with Crippen molar-refractivity contribution in [3.05, 3.63) is 28.3 Å². The van der Waals surface area contributed by atoms with Crippen molar-refractivity contribution in [2.45, 2.75) is 6.92 Å². The number of hydrogen-bond acceptors (Lipinski definition) is 6. The number of methoxy groups -OCH3 is 1. The van der Waals surface area contributed by atoms with E-state index in [1.807, 2.05) is 6.92 Å². The van der Waals surface area contributed by atoms with E-state index in [1.54, 1.807) is 13.2 Å². The summed E-state index contributed by atoms with van der Waals surface area (Å²) in [7, 11) is 1.60. The predicted molar refractivity (Wildman–Crippen MR) is 75.5 cm³/mol. The van der Waals surface area contributed by atoms with Crippen molar-refractivity contribution in [1.82, 2.24) is 0 Å². The molecule has 0 amide bonds. The van der Waals surface area contributed by atoms with Crippen molar-refractivity contribution in [2.24, 2.45) is 0 Å². The highest BCUT2D eigenvalue weighted by Crippen LogP contribution is 2.25. The summed E-state index contributed by atoms with van der Waals surface area (Å²) >= 11 is 0. The quantitative estimate of drug-likeness (QED) is 0.402. The largest absolute Gasteiger partial charge is 0.491 e. The van der Waals surface area contributed by atoms with Crippen LogP contribution in [0.1, 0.15) is 6.92 Å². The maximum absolute atomic E-state index is 10.8. The molecule has 1 rings (SSSR count). The summed E-state index contributed by atoms with van der Waals surface area (Å²) in [6, 6.07) is 4.60. The molecular formula is C13H20N2O5. The molecule has 0 saturated carbocycles. The van der Waals surface area contributed by atoms with Crippen LogP contribution in [0.5, 0.6) is 5.75 Å². The second-order valence-corrected chi connectivity index (χ2v) is 3.96. The summed E-state index contributed by atoms with van der Waals surface area (Å²) in [5, 5.41) is 13.9. The van der Waals surface area contributed by atoms with Gasteiger partial charge in [-0.3, -0.25) is 10.1 Å². The Morgan fingerprint density at radius 3 is 2.60 bits per heavy atom. The van der Waals surface area contributed by atoms with Gasteiger partial charge in [0.15, 0.2) is 0 Å². The zero-order valence-electron chi connectivity index (χ0n) is 11.8. The van der Waals surface area contributed by atoms with Gasteiger partial charge in [0, 0.05) is 31.5 Å². The Kier molecular flexibility index (Phi) is 7.38. The third-order valence-electron chi connectivity index (χ3n) is 2.41. The topological polar surface area (TPSA) is 82.9 Å². The molecule has 0 aromatic heterocycles. The van der Waals surface area contributed by atoms with Crippen LogP contribution in [-0.4, -0.2) is 45.0 Å². The van der Waals surface area contributed by atoms with Crippen LogP contribution in [0, 0.1) is 10.1 Å². The van der Waals surface area contributed by atoms with Crippen molar-refractivity contribution in [1.29, 1.82) is 0 Å². The number of nitro groups is 1. The first-order valence-electron chi connectivity index (χ1n) is 6.40. The number of rotatable bonds is 10. The van der Waals surface area contributed by atoms with Gasteiger partial charge in [0.05, 0.1) is 30.8 Å². The Morgan fingerprint density at radius 1 is 1.20 bits per heavy atom. The van der Waals surface area contributed by atoms with E-state index in [4.69, 9.17) is 14.2 Å². The van der Waals surface area contributed by atoms with Gasteiger partial charge in [0.1, 0.15) is 12.4 Å². The van der Waals surface area contributed by atoms with E-state index in [0.29, 0.717) is 44.4 Å². The van der Waals surface area contributed by atoms with E-state index in [0.717, 1.165) is 0 Å². The second-order valence-electron chi connectivity index (χ2n) is 3.96. The average Bonchev–Trinajstić information content (AvgIpc) is 2.43. The number of hydrogen-bond donors (Lipinski definition) is 1. The molecule has 0 radical (unpaired) electrons. The minimum atomic E-state index is -0.442. The highest BCUT2D eigenvalue weighted by atomic mass is 16.6. The zero-order chi connectivity index (χ0) is 14.8. The highest BCUT2D eigenvalue weighted by molar-refractivity contribution is 5.56. The fourth-order valence-electron chi connectivity index (χ4n) is 1.54. The number of ether oxygens (including phenoxy) is 3. The number of nitro benzene ring substituents is 1. The van der Waals surface area contributed by atoms with Gasteiger partial charge in [-0.1, -0.05) is 0 Å². The molecule has 1 aromatic carbocycles. The van der Waals surface area contributed by atoms with Gasteiger partial charge in [-0.05, 0) is 6.92 Å². The minimum Gasteiger partial charge on any atom is -0.491 e. The van der Waals surface area contributed by atoms with Crippen molar-refractivity contribution in [2.75, 3.05) is 45.4 Å². The van der Waals surface area contributed by atoms with E-state index < -0.39 is 4.92 Å². The van der Waals surface area contributed by atoms with Crippen LogP contribution in [0.3, 0.4) is 0 Å². The van der Waals surface area contributed by atoms with Crippen molar-refractivity contribution in [3.8, 4) is 5.75 Å². The lowest BCUT2D eigenvalue weighted by atomic mass is 10.2. The van der Waals surface area contributed by atoms with Crippen LogP contribution < -0.4 is 10.1 Å². The first-order valence-corrected chi connectivity index (χ1v) is 6.40. The Labute approximate surface area is 118 Å². The first kappa shape index (κ1) is 16.2. The molecule has 0 spiro atoms. The molecule has 0 aliphatic heterocycles. The fraction of sp³-hybridized carbons (Fsp3) is 0.538. The first-order chi connectivity index (χ1) is 9.67. The third kappa shape index (κ3) is 5.85. The molecule has 0 heterocycles. The second kappa shape index (κ2) is 9.11. The monoisotopic (exact) mass is 284 g/mol. The molecule has 1 aromatic rings. The molecule has 0 aliphatic rings. The summed E-state index contributed by atoms with van der Waals surface area (Å²) in [6.07, 6.45) is 0. The standard InChI is InChI=1S/C13H20N2O5/c1-3-14-11-8-12(15(16)17)10-13(9-11)20-7-6-19-5-4-18-2/h8-10,14H,3-7H2,1-2H3. The lowest BCUT2D eigenvalue weighted by Gasteiger charge is -2.09. The number of anilines is 1. The smallest absolute Gasteiger partial charge is 0.275 e. The van der Waals surface area contributed by atoms with Crippen LogP contribution in [0.4, 0.5) is 11.4 Å². The molecular weight excluding hydrogens is 264 g/mol. The Balaban J connectivity index is 2.53. The van der Waals surface area contributed by atoms with Gasteiger partial charge in [-0.2, -0.15) is 0 Å². The van der Waals surface area contributed by atoms with Crippen LogP contribution in [0.2, 0.25) is 0 Å². The highest BCUT2D eigenvalue weighted by Gasteiger charge is 2.10. The van der Waals surface area contributed by atoms with Crippen molar-refractivity contribution >= 4 is 11.4 Å². The number of nitrogens with zero attached hydrogens (tertiary/aromatic N) is 1. The van der Waals surface area contributed by atoms with Gasteiger partial charge >= 0.3 is 0 Å². The fourth-order valence-corrected chi connectivity index (χ4v) is 1.54. The van der Waals surface area contributed by atoms with Crippen LogP contribution >= 0.6 is 0 Å². The van der Waals surface area contributed by atoms with Crippen LogP contribution in [-0.2, 0) is 9.47 Å². The molecule has 20 heavy (non-hydrogen) atoms. The van der Waals surface area contributed by atoms with Gasteiger partial charge in [0.25, 0.3) is 5.69 Å². The normalized spacial score (nSPS) is 10.3.